The number of aliphatic imine (C=N–C) groups is 1. The Labute approximate surface area is 161 Å². The standard InChI is InChI=1S/C21H21F3N2O2/c22-21(23,24)28-18-8-4-2-6-16(18)14-25-19-20(9-11-27-12-10-20)13-15-5-1-3-7-17(15)26-19/h1-8H,9-14H2,(H,25,26). The molecule has 4 rings (SSSR count). The van der Waals surface area contributed by atoms with E-state index in [9.17, 15) is 13.2 Å². The van der Waals surface area contributed by atoms with E-state index in [-0.39, 0.29) is 17.7 Å². The van der Waals surface area contributed by atoms with Crippen LogP contribution in [0.4, 0.5) is 18.9 Å². The minimum absolute atomic E-state index is 0.110. The summed E-state index contributed by atoms with van der Waals surface area (Å²) < 4.78 is 47.7. The zero-order valence-electron chi connectivity index (χ0n) is 15.3. The van der Waals surface area contributed by atoms with E-state index in [2.05, 4.69) is 16.1 Å². The topological polar surface area (TPSA) is 42.8 Å². The number of hydrogen-bond acceptors (Lipinski definition) is 3. The molecule has 1 spiro atoms. The Morgan fingerprint density at radius 3 is 2.54 bits per heavy atom. The van der Waals surface area contributed by atoms with E-state index < -0.39 is 6.36 Å². The normalized spacial score (nSPS) is 19.9. The van der Waals surface area contributed by atoms with Crippen LogP contribution in [0.15, 0.2) is 53.5 Å². The molecule has 0 radical (unpaired) electrons. The first kappa shape index (κ1) is 18.8. The average Bonchev–Trinajstić information content (AvgIpc) is 2.67. The van der Waals surface area contributed by atoms with Crippen molar-refractivity contribution in [2.75, 3.05) is 18.5 Å². The molecule has 2 heterocycles. The molecule has 0 aromatic heterocycles. The lowest BCUT2D eigenvalue weighted by Crippen LogP contribution is -2.45. The van der Waals surface area contributed by atoms with Crippen molar-refractivity contribution >= 4 is 11.5 Å². The summed E-state index contributed by atoms with van der Waals surface area (Å²) in [5, 5.41) is 3.43. The van der Waals surface area contributed by atoms with Gasteiger partial charge in [-0.15, -0.1) is 13.2 Å². The summed E-state index contributed by atoms with van der Waals surface area (Å²) in [6.07, 6.45) is -2.23. The van der Waals surface area contributed by atoms with Gasteiger partial charge in [-0.05, 0) is 37.0 Å². The number of benzene rings is 2. The third-order valence-corrected chi connectivity index (χ3v) is 5.36. The smallest absolute Gasteiger partial charge is 0.405 e. The number of rotatable bonds is 3. The number of amidine groups is 1. The molecule has 0 unspecified atom stereocenters. The highest BCUT2D eigenvalue weighted by Crippen LogP contribution is 2.42. The van der Waals surface area contributed by atoms with E-state index in [4.69, 9.17) is 9.73 Å². The lowest BCUT2D eigenvalue weighted by molar-refractivity contribution is -0.274. The van der Waals surface area contributed by atoms with Crippen LogP contribution in [0, 0.1) is 5.41 Å². The lowest BCUT2D eigenvalue weighted by atomic mass is 9.71. The van der Waals surface area contributed by atoms with Crippen molar-refractivity contribution < 1.29 is 22.6 Å². The van der Waals surface area contributed by atoms with Gasteiger partial charge in [0.1, 0.15) is 11.6 Å². The van der Waals surface area contributed by atoms with Gasteiger partial charge in [0, 0.05) is 29.9 Å². The molecule has 0 aliphatic carbocycles. The summed E-state index contributed by atoms with van der Waals surface area (Å²) in [7, 11) is 0. The molecule has 2 aliphatic rings. The molecule has 2 aliphatic heterocycles. The largest absolute Gasteiger partial charge is 0.573 e. The molecular formula is C21H21F3N2O2. The van der Waals surface area contributed by atoms with Gasteiger partial charge in [-0.3, -0.25) is 4.99 Å². The summed E-state index contributed by atoms with van der Waals surface area (Å²) in [6, 6.07) is 14.2. The maximum Gasteiger partial charge on any atom is 0.573 e. The number of ether oxygens (including phenoxy) is 2. The van der Waals surface area contributed by atoms with Crippen molar-refractivity contribution in [1.29, 1.82) is 0 Å². The Hall–Kier alpha value is -2.54. The Bertz CT molecular complexity index is 874. The molecule has 4 nitrogen and oxygen atoms in total. The van der Waals surface area contributed by atoms with Crippen molar-refractivity contribution in [1.82, 2.24) is 0 Å². The molecule has 0 atom stereocenters. The van der Waals surface area contributed by atoms with Gasteiger partial charge < -0.3 is 14.8 Å². The van der Waals surface area contributed by atoms with Gasteiger partial charge in [-0.2, -0.15) is 0 Å². The first-order valence-corrected chi connectivity index (χ1v) is 9.26. The lowest BCUT2D eigenvalue weighted by Gasteiger charge is -2.42. The third-order valence-electron chi connectivity index (χ3n) is 5.36. The van der Waals surface area contributed by atoms with E-state index in [1.165, 1.54) is 17.7 Å². The van der Waals surface area contributed by atoms with E-state index in [1.54, 1.807) is 12.1 Å². The Morgan fingerprint density at radius 2 is 1.75 bits per heavy atom. The number of alkyl halides is 3. The maximum atomic E-state index is 12.7. The molecule has 2 aromatic carbocycles. The summed E-state index contributed by atoms with van der Waals surface area (Å²) in [5.41, 5.74) is 2.45. The quantitative estimate of drug-likeness (QED) is 0.807. The van der Waals surface area contributed by atoms with Crippen LogP contribution in [-0.2, 0) is 17.7 Å². The van der Waals surface area contributed by atoms with Crippen LogP contribution in [0.25, 0.3) is 0 Å². The second kappa shape index (κ2) is 7.47. The summed E-state index contributed by atoms with van der Waals surface area (Å²) in [5.74, 6) is 0.605. The first-order chi connectivity index (χ1) is 13.5. The van der Waals surface area contributed by atoms with Gasteiger partial charge in [0.25, 0.3) is 0 Å². The van der Waals surface area contributed by atoms with E-state index >= 15 is 0 Å². The summed E-state index contributed by atoms with van der Waals surface area (Å²) in [4.78, 5) is 4.72. The zero-order valence-corrected chi connectivity index (χ0v) is 15.3. The van der Waals surface area contributed by atoms with Crippen molar-refractivity contribution in [3.63, 3.8) is 0 Å². The number of halogens is 3. The molecule has 1 fully saturated rings. The minimum Gasteiger partial charge on any atom is -0.405 e. The van der Waals surface area contributed by atoms with Crippen molar-refractivity contribution in [3.05, 3.63) is 59.7 Å². The fourth-order valence-corrected chi connectivity index (χ4v) is 3.91. The second-order valence-electron chi connectivity index (χ2n) is 7.17. The summed E-state index contributed by atoms with van der Waals surface area (Å²) >= 11 is 0. The number of anilines is 1. The Balaban J connectivity index is 1.64. The van der Waals surface area contributed by atoms with Crippen molar-refractivity contribution in [2.45, 2.75) is 32.2 Å². The highest BCUT2D eigenvalue weighted by Gasteiger charge is 2.41. The molecule has 0 saturated carbocycles. The number of nitrogens with zero attached hydrogens (tertiary/aromatic N) is 1. The highest BCUT2D eigenvalue weighted by atomic mass is 19.4. The number of fused-ring (bicyclic) bond motifs is 1. The van der Waals surface area contributed by atoms with Crippen LogP contribution in [0.5, 0.6) is 5.75 Å². The van der Waals surface area contributed by atoms with Crippen LogP contribution in [0.1, 0.15) is 24.0 Å². The zero-order chi connectivity index (χ0) is 19.6. The van der Waals surface area contributed by atoms with Crippen LogP contribution in [0.3, 0.4) is 0 Å². The van der Waals surface area contributed by atoms with Gasteiger partial charge in [0.15, 0.2) is 0 Å². The minimum atomic E-state index is -4.73. The Kier molecular flexibility index (Phi) is 5.02. The Morgan fingerprint density at radius 1 is 1.04 bits per heavy atom. The van der Waals surface area contributed by atoms with Crippen molar-refractivity contribution in [2.24, 2.45) is 10.4 Å². The van der Waals surface area contributed by atoms with Gasteiger partial charge in [0.05, 0.1) is 6.54 Å². The first-order valence-electron chi connectivity index (χ1n) is 9.26. The molecule has 7 heteroatoms. The number of para-hydroxylation sites is 2. The number of hydrogen-bond donors (Lipinski definition) is 1. The number of nitrogens with one attached hydrogen (secondary N) is 1. The van der Waals surface area contributed by atoms with Crippen LogP contribution < -0.4 is 10.1 Å². The van der Waals surface area contributed by atoms with Crippen LogP contribution >= 0.6 is 0 Å². The van der Waals surface area contributed by atoms with E-state index in [0.717, 1.165) is 30.8 Å². The highest BCUT2D eigenvalue weighted by molar-refractivity contribution is 6.02. The predicted octanol–water partition coefficient (Wildman–Crippen LogP) is 4.95. The molecular weight excluding hydrogens is 369 g/mol. The van der Waals surface area contributed by atoms with Crippen molar-refractivity contribution in [3.8, 4) is 5.75 Å². The van der Waals surface area contributed by atoms with Crippen LogP contribution in [0.2, 0.25) is 0 Å². The molecule has 0 bridgehead atoms. The summed E-state index contributed by atoms with van der Waals surface area (Å²) in [6.45, 7) is 1.41. The molecule has 28 heavy (non-hydrogen) atoms. The van der Waals surface area contributed by atoms with Gasteiger partial charge in [-0.25, -0.2) is 0 Å². The van der Waals surface area contributed by atoms with E-state index in [0.29, 0.717) is 18.8 Å². The van der Waals surface area contributed by atoms with Crippen LogP contribution in [-0.4, -0.2) is 25.4 Å². The predicted molar refractivity (Wildman–Crippen MR) is 101 cm³/mol. The fraction of sp³-hybridized carbons (Fsp3) is 0.381. The molecule has 1 N–H and O–H groups in total. The molecule has 148 valence electrons. The fourth-order valence-electron chi connectivity index (χ4n) is 3.91. The molecule has 2 aromatic rings. The van der Waals surface area contributed by atoms with E-state index in [1.807, 2.05) is 18.2 Å². The monoisotopic (exact) mass is 390 g/mol. The van der Waals surface area contributed by atoms with Gasteiger partial charge >= 0.3 is 6.36 Å². The van der Waals surface area contributed by atoms with Gasteiger partial charge in [0.2, 0.25) is 0 Å². The molecule has 0 amide bonds. The SMILES string of the molecule is FC(F)(F)Oc1ccccc1CN=C1Nc2ccccc2CC12CCOCC2. The third kappa shape index (κ3) is 3.99. The average molecular weight is 390 g/mol. The second-order valence-corrected chi connectivity index (χ2v) is 7.17. The maximum absolute atomic E-state index is 12.7. The molecule has 1 saturated heterocycles. The van der Waals surface area contributed by atoms with Gasteiger partial charge in [-0.1, -0.05) is 36.4 Å².